The van der Waals surface area contributed by atoms with Crippen molar-refractivity contribution < 1.29 is 9.59 Å². The Kier molecular flexibility index (Phi) is 4.16. The molecule has 0 aromatic heterocycles. The van der Waals surface area contributed by atoms with Crippen LogP contribution in [0.15, 0.2) is 24.3 Å². The van der Waals surface area contributed by atoms with Crippen molar-refractivity contribution in [1.82, 2.24) is 10.3 Å². The number of hydrogen-bond acceptors (Lipinski definition) is 3. The number of aryl methyl sites for hydroxylation is 1. The second-order valence-electron chi connectivity index (χ2n) is 4.97. The first kappa shape index (κ1) is 13.5. The number of nitrogens with two attached hydrogens (primary N) is 1. The minimum absolute atomic E-state index is 0.0155. The smallest absolute Gasteiger partial charge is 0.253 e. The van der Waals surface area contributed by atoms with Gasteiger partial charge in [-0.1, -0.05) is 17.7 Å². The first-order valence-electron chi connectivity index (χ1n) is 6.48. The Morgan fingerprint density at radius 2 is 2.21 bits per heavy atom. The van der Waals surface area contributed by atoms with Crippen molar-refractivity contribution in [1.29, 1.82) is 0 Å². The van der Waals surface area contributed by atoms with Crippen molar-refractivity contribution in [3.8, 4) is 0 Å². The SMILES string of the molecule is Cc1cccc(C(=O)N2CCCC(C(=O)NN)C2)c1. The Balaban J connectivity index is 2.09. The Morgan fingerprint density at radius 1 is 1.42 bits per heavy atom. The summed E-state index contributed by atoms with van der Waals surface area (Å²) in [5.74, 6) is 4.74. The van der Waals surface area contributed by atoms with Gasteiger partial charge in [0.2, 0.25) is 5.91 Å². The Bertz CT molecular complexity index is 487. The van der Waals surface area contributed by atoms with Crippen LogP contribution < -0.4 is 11.3 Å². The quantitative estimate of drug-likeness (QED) is 0.470. The molecule has 1 atom stereocenters. The number of rotatable bonds is 2. The van der Waals surface area contributed by atoms with Gasteiger partial charge in [-0.25, -0.2) is 5.84 Å². The topological polar surface area (TPSA) is 75.4 Å². The van der Waals surface area contributed by atoms with Crippen LogP contribution in [0.25, 0.3) is 0 Å². The molecule has 1 aromatic carbocycles. The van der Waals surface area contributed by atoms with E-state index in [2.05, 4.69) is 5.43 Å². The molecule has 0 bridgehead atoms. The minimum atomic E-state index is -0.201. The molecule has 0 spiro atoms. The largest absolute Gasteiger partial charge is 0.338 e. The highest BCUT2D eigenvalue weighted by molar-refractivity contribution is 5.94. The third-order valence-corrected chi connectivity index (χ3v) is 3.49. The number of hydrogen-bond donors (Lipinski definition) is 2. The van der Waals surface area contributed by atoms with Crippen LogP contribution in [0, 0.1) is 12.8 Å². The Morgan fingerprint density at radius 3 is 2.89 bits per heavy atom. The number of nitrogens with one attached hydrogen (secondary N) is 1. The van der Waals surface area contributed by atoms with Crippen LogP contribution in [-0.2, 0) is 4.79 Å². The molecule has 5 nitrogen and oxygen atoms in total. The lowest BCUT2D eigenvalue weighted by Crippen LogP contribution is -2.47. The maximum absolute atomic E-state index is 12.4. The van der Waals surface area contributed by atoms with Gasteiger partial charge < -0.3 is 4.90 Å². The van der Waals surface area contributed by atoms with E-state index in [9.17, 15) is 9.59 Å². The third kappa shape index (κ3) is 3.12. The van der Waals surface area contributed by atoms with Gasteiger partial charge in [0.1, 0.15) is 0 Å². The van der Waals surface area contributed by atoms with E-state index in [-0.39, 0.29) is 17.7 Å². The van der Waals surface area contributed by atoms with Crippen LogP contribution in [0.1, 0.15) is 28.8 Å². The summed E-state index contributed by atoms with van der Waals surface area (Å²) in [5.41, 5.74) is 3.90. The zero-order valence-corrected chi connectivity index (χ0v) is 11.1. The minimum Gasteiger partial charge on any atom is -0.338 e. The van der Waals surface area contributed by atoms with Gasteiger partial charge in [0, 0.05) is 18.7 Å². The summed E-state index contributed by atoms with van der Waals surface area (Å²) in [6.45, 7) is 3.09. The van der Waals surface area contributed by atoms with Crippen LogP contribution in [0.3, 0.4) is 0 Å². The molecule has 0 saturated carbocycles. The molecule has 1 aliphatic heterocycles. The molecule has 0 aliphatic carbocycles. The van der Waals surface area contributed by atoms with Crippen molar-refractivity contribution in [3.05, 3.63) is 35.4 Å². The van der Waals surface area contributed by atoms with Gasteiger partial charge in [-0.05, 0) is 31.9 Å². The summed E-state index contributed by atoms with van der Waals surface area (Å²) in [7, 11) is 0. The van der Waals surface area contributed by atoms with Gasteiger partial charge in [-0.2, -0.15) is 0 Å². The highest BCUT2D eigenvalue weighted by atomic mass is 16.2. The Hall–Kier alpha value is -1.88. The maximum atomic E-state index is 12.4. The molecule has 1 heterocycles. The molecular weight excluding hydrogens is 242 g/mol. The fraction of sp³-hybridized carbons (Fsp3) is 0.429. The van der Waals surface area contributed by atoms with Crippen molar-refractivity contribution in [2.75, 3.05) is 13.1 Å². The molecule has 3 N–H and O–H groups in total. The zero-order chi connectivity index (χ0) is 13.8. The highest BCUT2D eigenvalue weighted by Gasteiger charge is 2.28. The van der Waals surface area contributed by atoms with E-state index in [0.717, 1.165) is 18.4 Å². The van der Waals surface area contributed by atoms with Crippen molar-refractivity contribution in [3.63, 3.8) is 0 Å². The van der Waals surface area contributed by atoms with E-state index < -0.39 is 0 Å². The van der Waals surface area contributed by atoms with E-state index in [4.69, 9.17) is 5.84 Å². The van der Waals surface area contributed by atoms with Crippen LogP contribution >= 0.6 is 0 Å². The number of nitrogens with zero attached hydrogens (tertiary/aromatic N) is 1. The highest BCUT2D eigenvalue weighted by Crippen LogP contribution is 2.19. The molecule has 5 heteroatoms. The summed E-state index contributed by atoms with van der Waals surface area (Å²) in [5, 5.41) is 0. The molecule has 102 valence electrons. The molecule has 1 saturated heterocycles. The zero-order valence-electron chi connectivity index (χ0n) is 11.1. The fourth-order valence-corrected chi connectivity index (χ4v) is 2.45. The van der Waals surface area contributed by atoms with Crippen molar-refractivity contribution in [2.24, 2.45) is 11.8 Å². The lowest BCUT2D eigenvalue weighted by atomic mass is 9.96. The molecule has 1 aliphatic rings. The van der Waals surface area contributed by atoms with Gasteiger partial charge >= 0.3 is 0 Å². The first-order chi connectivity index (χ1) is 9.11. The normalized spacial score (nSPS) is 19.1. The number of carbonyl (C=O) groups excluding carboxylic acids is 2. The van der Waals surface area contributed by atoms with E-state index in [0.29, 0.717) is 18.7 Å². The predicted molar refractivity (Wildman–Crippen MR) is 72.1 cm³/mol. The van der Waals surface area contributed by atoms with E-state index >= 15 is 0 Å². The number of amides is 2. The summed E-state index contributed by atoms with van der Waals surface area (Å²) < 4.78 is 0. The molecule has 0 radical (unpaired) electrons. The molecule has 2 amide bonds. The van der Waals surface area contributed by atoms with Crippen LogP contribution in [-0.4, -0.2) is 29.8 Å². The second kappa shape index (κ2) is 5.84. The average molecular weight is 261 g/mol. The average Bonchev–Trinajstić information content (AvgIpc) is 2.45. The van der Waals surface area contributed by atoms with Gasteiger partial charge in [-0.15, -0.1) is 0 Å². The Labute approximate surface area is 112 Å². The van der Waals surface area contributed by atoms with E-state index in [1.165, 1.54) is 0 Å². The molecule has 1 fully saturated rings. The van der Waals surface area contributed by atoms with Crippen molar-refractivity contribution >= 4 is 11.8 Å². The third-order valence-electron chi connectivity index (χ3n) is 3.49. The van der Waals surface area contributed by atoms with E-state index in [1.54, 1.807) is 4.90 Å². The van der Waals surface area contributed by atoms with Gasteiger partial charge in [-0.3, -0.25) is 15.0 Å². The van der Waals surface area contributed by atoms with Crippen LogP contribution in [0.4, 0.5) is 0 Å². The summed E-state index contributed by atoms with van der Waals surface area (Å²) >= 11 is 0. The molecular formula is C14H19N3O2. The maximum Gasteiger partial charge on any atom is 0.253 e. The number of likely N-dealkylation sites (tertiary alicyclic amines) is 1. The van der Waals surface area contributed by atoms with Crippen LogP contribution in [0.2, 0.25) is 0 Å². The number of carbonyl (C=O) groups is 2. The number of hydrazine groups is 1. The summed E-state index contributed by atoms with van der Waals surface area (Å²) in [6, 6.07) is 7.51. The van der Waals surface area contributed by atoms with Gasteiger partial charge in [0.15, 0.2) is 0 Å². The second-order valence-corrected chi connectivity index (χ2v) is 4.97. The molecule has 1 unspecified atom stereocenters. The van der Waals surface area contributed by atoms with E-state index in [1.807, 2.05) is 31.2 Å². The standard InChI is InChI=1S/C14H19N3O2/c1-10-4-2-5-11(8-10)14(19)17-7-3-6-12(9-17)13(18)16-15/h2,4-5,8,12H,3,6-7,9,15H2,1H3,(H,16,18). The lowest BCUT2D eigenvalue weighted by Gasteiger charge is -2.31. The van der Waals surface area contributed by atoms with Crippen LogP contribution in [0.5, 0.6) is 0 Å². The fourth-order valence-electron chi connectivity index (χ4n) is 2.45. The predicted octanol–water partition coefficient (Wildman–Crippen LogP) is 0.837. The monoisotopic (exact) mass is 261 g/mol. The summed E-state index contributed by atoms with van der Waals surface area (Å²) in [6.07, 6.45) is 1.61. The van der Waals surface area contributed by atoms with Gasteiger partial charge in [0.05, 0.1) is 5.92 Å². The molecule has 19 heavy (non-hydrogen) atoms. The number of piperidine rings is 1. The van der Waals surface area contributed by atoms with Gasteiger partial charge in [0.25, 0.3) is 5.91 Å². The molecule has 1 aromatic rings. The first-order valence-corrected chi connectivity index (χ1v) is 6.48. The number of benzene rings is 1. The molecule has 2 rings (SSSR count). The lowest BCUT2D eigenvalue weighted by molar-refractivity contribution is -0.126. The summed E-state index contributed by atoms with van der Waals surface area (Å²) in [4.78, 5) is 25.7. The van der Waals surface area contributed by atoms with Crippen molar-refractivity contribution in [2.45, 2.75) is 19.8 Å².